The number of hydrogen-bond donors (Lipinski definition) is 4. The smallest absolute Gasteiger partial charge is 0.350 e. The van der Waals surface area contributed by atoms with Crippen molar-refractivity contribution in [2.45, 2.75) is 134 Å². The minimum atomic E-state index is -2.39. The van der Waals surface area contributed by atoms with E-state index in [1.54, 1.807) is 99.6 Å². The first kappa shape index (κ1) is 48.2. The van der Waals surface area contributed by atoms with Crippen LogP contribution in [-0.4, -0.2) is 105 Å². The van der Waals surface area contributed by atoms with Gasteiger partial charge < -0.3 is 44.3 Å². The Morgan fingerprint density at radius 2 is 1.45 bits per heavy atom. The molecule has 66 heavy (non-hydrogen) atoms. The third-order valence-electron chi connectivity index (χ3n) is 14.4. The summed E-state index contributed by atoms with van der Waals surface area (Å²) in [4.78, 5) is 85.2. The molecular formula is C51H59NO14. The van der Waals surface area contributed by atoms with Gasteiger partial charge >= 0.3 is 23.9 Å². The predicted octanol–water partition coefficient (Wildman–Crippen LogP) is 5.30. The Morgan fingerprint density at radius 1 is 0.848 bits per heavy atom. The number of unbranched alkanes of at least 4 members (excludes halogenated alkanes) is 2. The summed E-state index contributed by atoms with van der Waals surface area (Å²) in [7, 11) is 0. The summed E-state index contributed by atoms with van der Waals surface area (Å²) in [6, 6.07) is 23.2. The summed E-state index contributed by atoms with van der Waals surface area (Å²) >= 11 is 0. The van der Waals surface area contributed by atoms with Crippen LogP contribution in [0.15, 0.2) is 102 Å². The zero-order valence-electron chi connectivity index (χ0n) is 38.1. The molecule has 1 saturated heterocycles. The molecule has 0 spiro atoms. The number of Topliss-reactive ketones (excluding diaryl/α,β-unsaturated/α-hetero) is 1. The minimum absolute atomic E-state index is 0.00552. The van der Waals surface area contributed by atoms with Crippen LogP contribution in [-0.2, 0) is 42.9 Å². The summed E-state index contributed by atoms with van der Waals surface area (Å²) in [6.07, 6.45) is -8.37. The van der Waals surface area contributed by atoms with Crippen LogP contribution in [0.4, 0.5) is 0 Å². The fourth-order valence-electron chi connectivity index (χ4n) is 10.6. The summed E-state index contributed by atoms with van der Waals surface area (Å²) in [5.74, 6) is -6.70. The maximum Gasteiger partial charge on any atom is 0.350 e. The number of esters is 4. The number of ether oxygens (including phenoxy) is 5. The zero-order valence-corrected chi connectivity index (χ0v) is 38.1. The molecule has 352 valence electrons. The molecule has 2 bridgehead atoms. The lowest BCUT2D eigenvalue weighted by Gasteiger charge is -2.66. The summed E-state index contributed by atoms with van der Waals surface area (Å²) in [5.41, 5.74) is -7.14. The van der Waals surface area contributed by atoms with Crippen LogP contribution in [0.3, 0.4) is 0 Å². The molecule has 4 aliphatic rings. The lowest BCUT2D eigenvalue weighted by atomic mass is 9.44. The maximum atomic E-state index is 15.4. The van der Waals surface area contributed by atoms with E-state index in [-0.39, 0.29) is 41.7 Å². The quantitative estimate of drug-likeness (QED) is 0.0699. The molecule has 3 fully saturated rings. The molecule has 2 saturated carbocycles. The van der Waals surface area contributed by atoms with E-state index in [2.05, 4.69) is 5.32 Å². The number of aliphatic hydroxyl groups is 3. The molecule has 1 aliphatic heterocycles. The molecule has 15 heteroatoms. The van der Waals surface area contributed by atoms with E-state index in [0.29, 0.717) is 18.4 Å². The Labute approximate surface area is 383 Å². The second-order valence-electron chi connectivity index (χ2n) is 18.7. The van der Waals surface area contributed by atoms with Crippen molar-refractivity contribution in [2.75, 3.05) is 6.61 Å². The van der Waals surface area contributed by atoms with Crippen LogP contribution in [0.2, 0.25) is 0 Å². The van der Waals surface area contributed by atoms with Gasteiger partial charge in [-0.2, -0.15) is 0 Å². The molecule has 3 aliphatic carbocycles. The van der Waals surface area contributed by atoms with Crippen molar-refractivity contribution < 1.29 is 67.8 Å². The zero-order chi connectivity index (χ0) is 47.8. The van der Waals surface area contributed by atoms with E-state index in [0.717, 1.165) is 13.3 Å². The van der Waals surface area contributed by atoms with E-state index in [1.807, 2.05) is 6.92 Å². The molecule has 1 amide bonds. The molecule has 11 atom stereocenters. The Bertz CT molecular complexity index is 2350. The molecule has 1 heterocycles. The number of fused-ring (bicyclic) bond motifs is 5. The predicted molar refractivity (Wildman–Crippen MR) is 236 cm³/mol. The van der Waals surface area contributed by atoms with Gasteiger partial charge in [-0.25, -0.2) is 9.59 Å². The monoisotopic (exact) mass is 909 g/mol. The van der Waals surface area contributed by atoms with Crippen molar-refractivity contribution in [1.29, 1.82) is 0 Å². The molecule has 1 unspecified atom stereocenters. The van der Waals surface area contributed by atoms with Crippen LogP contribution in [0, 0.1) is 16.7 Å². The first-order chi connectivity index (χ1) is 31.3. The lowest BCUT2D eigenvalue weighted by molar-refractivity contribution is -0.343. The molecule has 3 aromatic carbocycles. The SMILES string of the molecule is CCCCCC(=O)O[C@@H](C(=O)O[C@H]1C[C@@]2(O)[C@@H](OC(=O)c3ccccc3)C3[C@]4(O)CO[C@@H]4C[C@H](O)[C@@]3(C)C(=O)[C@H](OC(C)=O)C(=C1C)C2(C)C)[C@@H](NC(=O)c1ccccc1)c1ccccc1. The van der Waals surface area contributed by atoms with Crippen molar-refractivity contribution in [1.82, 2.24) is 5.32 Å². The Balaban J connectivity index is 1.39. The molecule has 4 N–H and O–H groups in total. The molecule has 3 aromatic rings. The van der Waals surface area contributed by atoms with Gasteiger partial charge in [0, 0.05) is 43.1 Å². The number of amides is 1. The van der Waals surface area contributed by atoms with E-state index >= 15 is 9.59 Å². The van der Waals surface area contributed by atoms with Crippen LogP contribution in [0.1, 0.15) is 112 Å². The summed E-state index contributed by atoms with van der Waals surface area (Å²) in [6.45, 7) is 8.80. The highest BCUT2D eigenvalue weighted by Crippen LogP contribution is 2.63. The van der Waals surface area contributed by atoms with E-state index in [4.69, 9.17) is 23.7 Å². The highest BCUT2D eigenvalue weighted by Gasteiger charge is 2.77. The number of rotatable bonds is 14. The maximum absolute atomic E-state index is 15.4. The topological polar surface area (TPSA) is 221 Å². The fourth-order valence-corrected chi connectivity index (χ4v) is 10.6. The Morgan fingerprint density at radius 3 is 2.03 bits per heavy atom. The number of carbonyl (C=O) groups excluding carboxylic acids is 6. The molecule has 15 nitrogen and oxygen atoms in total. The third kappa shape index (κ3) is 8.57. The number of nitrogens with one attached hydrogen (secondary N) is 1. The van der Waals surface area contributed by atoms with Crippen molar-refractivity contribution in [3.63, 3.8) is 0 Å². The average molecular weight is 910 g/mol. The average Bonchev–Trinajstić information content (AvgIpc) is 3.29. The number of hydrogen-bond acceptors (Lipinski definition) is 14. The number of benzene rings is 3. The van der Waals surface area contributed by atoms with E-state index in [1.165, 1.54) is 19.1 Å². The standard InChI is InChI=1S/C51H59NO14/c1-7-8-12-25-37(55)65-41(39(31-19-13-9-14-20-31)52-45(57)32-21-15-10-16-22-32)47(59)64-34-27-51(61)44(66-46(58)33-23-17-11-18-24-33)42-49(6,35(54)26-36-50(42,60)28-62-36)43(56)40(63-30(3)53)38(29(34)2)48(51,4)5/h9-11,13-24,34-36,39-42,44,54,60-61H,7-8,12,25-28H2,1-6H3,(H,52,57)/t34-,35-,36+,39-,40+,41+,42?,44-,49+,50-,51+/m0/s1. The fraction of sp³-hybridized carbons (Fsp3) is 0.490. The van der Waals surface area contributed by atoms with Gasteiger partial charge in [0.25, 0.3) is 5.91 Å². The second kappa shape index (κ2) is 18.9. The van der Waals surface area contributed by atoms with Crippen molar-refractivity contribution in [3.8, 4) is 0 Å². The van der Waals surface area contributed by atoms with Crippen LogP contribution >= 0.6 is 0 Å². The van der Waals surface area contributed by atoms with Crippen LogP contribution in [0.5, 0.6) is 0 Å². The lowest BCUT2D eigenvalue weighted by Crippen LogP contribution is -2.81. The van der Waals surface area contributed by atoms with Gasteiger partial charge in [0.05, 0.1) is 29.8 Å². The van der Waals surface area contributed by atoms with Gasteiger partial charge in [0.1, 0.15) is 29.5 Å². The highest BCUT2D eigenvalue weighted by atomic mass is 16.6. The van der Waals surface area contributed by atoms with Crippen molar-refractivity contribution >= 4 is 35.6 Å². The van der Waals surface area contributed by atoms with Gasteiger partial charge in [-0.05, 0) is 61.2 Å². The van der Waals surface area contributed by atoms with Crippen LogP contribution in [0.25, 0.3) is 0 Å². The van der Waals surface area contributed by atoms with Crippen molar-refractivity contribution in [2.24, 2.45) is 16.7 Å². The molecule has 0 radical (unpaired) electrons. The summed E-state index contributed by atoms with van der Waals surface area (Å²) < 4.78 is 30.3. The van der Waals surface area contributed by atoms with Gasteiger partial charge in [-0.15, -0.1) is 0 Å². The first-order valence-electron chi connectivity index (χ1n) is 22.5. The van der Waals surface area contributed by atoms with E-state index < -0.39 is 113 Å². The second-order valence-corrected chi connectivity index (χ2v) is 18.7. The van der Waals surface area contributed by atoms with E-state index in [9.17, 15) is 34.5 Å². The number of carbonyl (C=O) groups is 6. The van der Waals surface area contributed by atoms with Gasteiger partial charge in [-0.1, -0.05) is 100 Å². The highest BCUT2D eigenvalue weighted by molar-refractivity contribution is 5.96. The largest absolute Gasteiger partial charge is 0.455 e. The summed E-state index contributed by atoms with van der Waals surface area (Å²) in [5, 5.41) is 41.1. The first-order valence-corrected chi connectivity index (χ1v) is 22.5. The third-order valence-corrected chi connectivity index (χ3v) is 14.4. The number of ketones is 1. The Hall–Kier alpha value is -5.74. The van der Waals surface area contributed by atoms with Crippen LogP contribution < -0.4 is 5.32 Å². The van der Waals surface area contributed by atoms with Crippen molar-refractivity contribution in [3.05, 3.63) is 119 Å². The molecule has 0 aromatic heterocycles. The molecular weight excluding hydrogens is 851 g/mol. The van der Waals surface area contributed by atoms with Gasteiger partial charge in [0.2, 0.25) is 6.10 Å². The van der Waals surface area contributed by atoms with Gasteiger partial charge in [0.15, 0.2) is 11.9 Å². The minimum Gasteiger partial charge on any atom is -0.455 e. The number of aliphatic hydroxyl groups excluding tert-OH is 1. The molecule has 7 rings (SSSR count). The normalized spacial score (nSPS) is 30.7. The Kier molecular flexibility index (Phi) is 13.8. The van der Waals surface area contributed by atoms with Gasteiger partial charge in [-0.3, -0.25) is 19.2 Å².